The van der Waals surface area contributed by atoms with Crippen molar-refractivity contribution < 1.29 is 0 Å². The normalized spacial score (nSPS) is 16.1. The zero-order valence-corrected chi connectivity index (χ0v) is 12.2. The Balaban J connectivity index is 1.92. The summed E-state index contributed by atoms with van der Waals surface area (Å²) in [6.45, 7) is 4.24. The average molecular weight is 274 g/mol. The molecule has 4 nitrogen and oxygen atoms in total. The largest absolute Gasteiger partial charge is 0.214 e. The number of nitrogens with zero attached hydrogens (tertiary/aromatic N) is 4. The van der Waals surface area contributed by atoms with Crippen molar-refractivity contribution in [2.24, 2.45) is 0 Å². The van der Waals surface area contributed by atoms with Crippen LogP contribution in [0.4, 0.5) is 0 Å². The molecule has 2 aromatic rings. The monoisotopic (exact) mass is 274 g/mol. The molecule has 3 rings (SSSR count). The van der Waals surface area contributed by atoms with E-state index in [-0.39, 0.29) is 0 Å². The molecule has 100 valence electrons. The van der Waals surface area contributed by atoms with Gasteiger partial charge in [-0.3, -0.25) is 0 Å². The van der Waals surface area contributed by atoms with Crippen LogP contribution in [0.2, 0.25) is 0 Å². The maximum Gasteiger partial charge on any atom is 0.214 e. The lowest BCUT2D eigenvalue weighted by molar-refractivity contribution is 0.747. The van der Waals surface area contributed by atoms with E-state index in [2.05, 4.69) is 47.6 Å². The summed E-state index contributed by atoms with van der Waals surface area (Å²) in [5, 5.41) is 13.8. The zero-order valence-electron chi connectivity index (χ0n) is 11.3. The summed E-state index contributed by atoms with van der Waals surface area (Å²) in [4.78, 5) is 0. The van der Waals surface area contributed by atoms with Crippen molar-refractivity contribution in [2.75, 3.05) is 0 Å². The van der Waals surface area contributed by atoms with E-state index in [1.807, 2.05) is 16.4 Å². The minimum atomic E-state index is 0.676. The van der Waals surface area contributed by atoms with Crippen LogP contribution in [0.25, 0.3) is 5.69 Å². The number of rotatable bonds is 3. The number of benzene rings is 1. The molecule has 0 unspecified atom stereocenters. The molecule has 1 saturated carbocycles. The minimum absolute atomic E-state index is 0.676. The molecule has 1 aliphatic carbocycles. The van der Waals surface area contributed by atoms with Crippen LogP contribution in [0.15, 0.2) is 23.4 Å². The molecule has 1 aliphatic rings. The number of tetrazole rings is 1. The Hall–Kier alpha value is -1.36. The van der Waals surface area contributed by atoms with Gasteiger partial charge in [-0.15, -0.1) is 5.10 Å². The molecule has 0 aliphatic heterocycles. The van der Waals surface area contributed by atoms with Crippen molar-refractivity contribution in [3.05, 3.63) is 29.3 Å². The van der Waals surface area contributed by atoms with Gasteiger partial charge in [-0.25, -0.2) is 0 Å². The lowest BCUT2D eigenvalue weighted by Crippen LogP contribution is -2.04. The Morgan fingerprint density at radius 2 is 2.00 bits per heavy atom. The molecular formula is C14H18N4S. The highest BCUT2D eigenvalue weighted by molar-refractivity contribution is 7.99. The summed E-state index contributed by atoms with van der Waals surface area (Å²) in [6.07, 6.45) is 5.24. The predicted molar refractivity (Wildman–Crippen MR) is 76.7 cm³/mol. The summed E-state index contributed by atoms with van der Waals surface area (Å²) in [5.74, 6) is 0. The molecule has 0 spiro atoms. The van der Waals surface area contributed by atoms with Crippen LogP contribution in [0.5, 0.6) is 0 Å². The molecule has 1 aromatic heterocycles. The molecule has 1 aromatic carbocycles. The molecule has 0 amide bonds. The van der Waals surface area contributed by atoms with Gasteiger partial charge in [0, 0.05) is 5.25 Å². The van der Waals surface area contributed by atoms with Gasteiger partial charge in [0.2, 0.25) is 5.16 Å². The van der Waals surface area contributed by atoms with E-state index in [4.69, 9.17) is 0 Å². The predicted octanol–water partition coefficient (Wildman–Crippen LogP) is 3.31. The van der Waals surface area contributed by atoms with Gasteiger partial charge in [-0.2, -0.15) is 4.68 Å². The van der Waals surface area contributed by atoms with E-state index in [1.165, 1.54) is 36.8 Å². The van der Waals surface area contributed by atoms with Crippen LogP contribution in [0.1, 0.15) is 36.8 Å². The molecule has 0 saturated heterocycles. The van der Waals surface area contributed by atoms with Crippen molar-refractivity contribution in [1.82, 2.24) is 20.2 Å². The maximum atomic E-state index is 4.19. The van der Waals surface area contributed by atoms with E-state index in [0.29, 0.717) is 5.25 Å². The van der Waals surface area contributed by atoms with Crippen LogP contribution < -0.4 is 0 Å². The first-order valence-electron chi connectivity index (χ1n) is 6.77. The zero-order chi connectivity index (χ0) is 13.2. The Morgan fingerprint density at radius 3 is 2.79 bits per heavy atom. The van der Waals surface area contributed by atoms with Crippen LogP contribution in [0.3, 0.4) is 0 Å². The third-order valence-corrected chi connectivity index (χ3v) is 5.09. The highest BCUT2D eigenvalue weighted by Gasteiger charge is 2.20. The summed E-state index contributed by atoms with van der Waals surface area (Å²) in [7, 11) is 0. The number of hydrogen-bond acceptors (Lipinski definition) is 4. The van der Waals surface area contributed by atoms with Crippen LogP contribution in [-0.4, -0.2) is 25.5 Å². The molecule has 1 fully saturated rings. The highest BCUT2D eigenvalue weighted by Crippen LogP contribution is 2.34. The first kappa shape index (κ1) is 12.7. The molecule has 0 atom stereocenters. The first-order valence-corrected chi connectivity index (χ1v) is 7.65. The van der Waals surface area contributed by atoms with Gasteiger partial charge in [0.15, 0.2) is 0 Å². The third-order valence-electron chi connectivity index (χ3n) is 3.82. The van der Waals surface area contributed by atoms with Gasteiger partial charge in [0.25, 0.3) is 0 Å². The van der Waals surface area contributed by atoms with Crippen molar-refractivity contribution in [1.29, 1.82) is 0 Å². The van der Waals surface area contributed by atoms with Gasteiger partial charge in [0.05, 0.1) is 5.69 Å². The smallest absolute Gasteiger partial charge is 0.187 e. The summed E-state index contributed by atoms with van der Waals surface area (Å²) >= 11 is 1.82. The fraction of sp³-hybridized carbons (Fsp3) is 0.500. The quantitative estimate of drug-likeness (QED) is 0.861. The Bertz CT molecular complexity index is 573. The second-order valence-corrected chi connectivity index (χ2v) is 6.38. The first-order chi connectivity index (χ1) is 9.25. The van der Waals surface area contributed by atoms with Crippen molar-refractivity contribution in [3.63, 3.8) is 0 Å². The highest BCUT2D eigenvalue weighted by atomic mass is 32.2. The number of aryl methyl sites for hydroxylation is 1. The Morgan fingerprint density at radius 1 is 1.21 bits per heavy atom. The summed E-state index contributed by atoms with van der Waals surface area (Å²) in [6, 6.07) is 6.26. The van der Waals surface area contributed by atoms with Gasteiger partial charge in [-0.05, 0) is 54.3 Å². The van der Waals surface area contributed by atoms with E-state index in [9.17, 15) is 0 Å². The second-order valence-electron chi connectivity index (χ2n) is 5.12. The van der Waals surface area contributed by atoms with Crippen LogP contribution in [0, 0.1) is 13.8 Å². The number of thioether (sulfide) groups is 1. The van der Waals surface area contributed by atoms with Crippen LogP contribution >= 0.6 is 11.8 Å². The van der Waals surface area contributed by atoms with Gasteiger partial charge in [0.1, 0.15) is 0 Å². The molecule has 1 heterocycles. The molecule has 0 bridgehead atoms. The lowest BCUT2D eigenvalue weighted by atomic mass is 10.1. The standard InChI is InChI=1S/C14H18N4S/c1-10-6-5-9-13(11(10)2)18-14(15-16-17-18)19-12-7-3-4-8-12/h5-6,9,12H,3-4,7-8H2,1-2H3. The molecule has 5 heteroatoms. The van der Waals surface area contributed by atoms with E-state index < -0.39 is 0 Å². The maximum absolute atomic E-state index is 4.19. The van der Waals surface area contributed by atoms with Gasteiger partial charge >= 0.3 is 0 Å². The van der Waals surface area contributed by atoms with E-state index in [0.717, 1.165) is 10.8 Å². The SMILES string of the molecule is Cc1cccc(-n2nnnc2SC2CCCC2)c1C. The number of aromatic nitrogens is 4. The topological polar surface area (TPSA) is 43.6 Å². The Labute approximate surface area is 117 Å². The van der Waals surface area contributed by atoms with Crippen molar-refractivity contribution in [2.45, 2.75) is 49.9 Å². The molecule has 0 radical (unpaired) electrons. The van der Waals surface area contributed by atoms with E-state index >= 15 is 0 Å². The third kappa shape index (κ3) is 2.52. The lowest BCUT2D eigenvalue weighted by Gasteiger charge is -2.11. The summed E-state index contributed by atoms with van der Waals surface area (Å²) in [5.41, 5.74) is 3.60. The Kier molecular flexibility index (Phi) is 3.55. The fourth-order valence-corrected chi connectivity index (χ4v) is 3.71. The average Bonchev–Trinajstić information content (AvgIpc) is 3.05. The molecule has 19 heavy (non-hydrogen) atoms. The fourth-order valence-electron chi connectivity index (χ4n) is 2.52. The van der Waals surface area contributed by atoms with E-state index in [1.54, 1.807) is 0 Å². The van der Waals surface area contributed by atoms with Gasteiger partial charge < -0.3 is 0 Å². The second kappa shape index (κ2) is 5.33. The van der Waals surface area contributed by atoms with Crippen LogP contribution in [-0.2, 0) is 0 Å². The van der Waals surface area contributed by atoms with Crippen molar-refractivity contribution >= 4 is 11.8 Å². The molecule has 0 N–H and O–H groups in total. The molecular weight excluding hydrogens is 256 g/mol. The van der Waals surface area contributed by atoms with Crippen molar-refractivity contribution in [3.8, 4) is 5.69 Å². The summed E-state index contributed by atoms with van der Waals surface area (Å²) < 4.78 is 1.88. The van der Waals surface area contributed by atoms with Gasteiger partial charge in [-0.1, -0.05) is 36.7 Å². The minimum Gasteiger partial charge on any atom is -0.187 e. The number of hydrogen-bond donors (Lipinski definition) is 0.